The van der Waals surface area contributed by atoms with E-state index in [1.165, 1.54) is 22.5 Å². The largest absolute Gasteiger partial charge is 0.326 e. The van der Waals surface area contributed by atoms with Gasteiger partial charge in [-0.1, -0.05) is 55.3 Å². The maximum Gasteiger partial charge on any atom is 0.244 e. The molecule has 0 aromatic heterocycles. The van der Waals surface area contributed by atoms with Crippen LogP contribution in [0.15, 0.2) is 47.4 Å². The van der Waals surface area contributed by atoms with E-state index in [4.69, 9.17) is 11.6 Å². The molecule has 0 atom stereocenters. The van der Waals surface area contributed by atoms with Crippen LogP contribution in [0.1, 0.15) is 42.6 Å². The lowest BCUT2D eigenvalue weighted by Crippen LogP contribution is -2.30. The minimum atomic E-state index is -3.76. The second kappa shape index (κ2) is 10.0. The average Bonchev–Trinajstić information content (AvgIpc) is 2.68. The molecule has 2 aromatic carbocycles. The highest BCUT2D eigenvalue weighted by molar-refractivity contribution is 7.89. The summed E-state index contributed by atoms with van der Waals surface area (Å²) in [5.74, 6) is -0.500. The van der Waals surface area contributed by atoms with E-state index in [0.29, 0.717) is 24.3 Å². The standard InChI is InChI=1S/C21H25ClN2O4S/c1-4-24(5-2)29(27,28)20-14-17(10-11-18(20)22)23-21(26)13-12-19(25)16-8-6-15(3)7-9-16/h6-11,14H,4-5,12-13H2,1-3H3,(H,23,26). The zero-order valence-corrected chi connectivity index (χ0v) is 18.3. The molecule has 0 radical (unpaired) electrons. The van der Waals surface area contributed by atoms with Crippen molar-refractivity contribution in [1.82, 2.24) is 4.31 Å². The fourth-order valence-corrected chi connectivity index (χ4v) is 4.77. The second-order valence-corrected chi connectivity index (χ2v) is 8.89. The Labute approximate surface area is 176 Å². The third-order valence-corrected chi connectivity index (χ3v) is 7.02. The van der Waals surface area contributed by atoms with Crippen LogP contribution >= 0.6 is 11.6 Å². The molecule has 0 heterocycles. The molecule has 0 bridgehead atoms. The normalized spacial score (nSPS) is 11.5. The number of ketones is 1. The van der Waals surface area contributed by atoms with Gasteiger partial charge in [-0.15, -0.1) is 0 Å². The SMILES string of the molecule is CCN(CC)S(=O)(=O)c1cc(NC(=O)CCC(=O)c2ccc(C)cc2)ccc1Cl. The first-order chi connectivity index (χ1) is 13.7. The molecule has 0 fully saturated rings. The number of nitrogens with one attached hydrogen (secondary N) is 1. The summed E-state index contributed by atoms with van der Waals surface area (Å²) in [6.07, 6.45) is 0.0561. The number of Topliss-reactive ketones (excluding diaryl/α,β-unsaturated/α-hetero) is 1. The molecule has 6 nitrogen and oxygen atoms in total. The Balaban J connectivity index is 2.07. The van der Waals surface area contributed by atoms with Gasteiger partial charge in [0.1, 0.15) is 4.90 Å². The maximum atomic E-state index is 12.7. The van der Waals surface area contributed by atoms with Crippen molar-refractivity contribution in [1.29, 1.82) is 0 Å². The van der Waals surface area contributed by atoms with E-state index in [0.717, 1.165) is 5.56 Å². The van der Waals surface area contributed by atoms with Crippen molar-refractivity contribution >= 4 is 39.0 Å². The predicted molar refractivity (Wildman–Crippen MR) is 115 cm³/mol. The fourth-order valence-electron chi connectivity index (χ4n) is 2.82. The minimum absolute atomic E-state index is 0.00648. The van der Waals surface area contributed by atoms with E-state index in [2.05, 4.69) is 5.32 Å². The van der Waals surface area contributed by atoms with Crippen molar-refractivity contribution in [3.8, 4) is 0 Å². The molecule has 0 aliphatic rings. The zero-order valence-electron chi connectivity index (χ0n) is 16.7. The van der Waals surface area contributed by atoms with Crippen LogP contribution in [0, 0.1) is 6.92 Å². The van der Waals surface area contributed by atoms with Gasteiger partial charge in [-0.3, -0.25) is 9.59 Å². The molecular weight excluding hydrogens is 412 g/mol. The number of nitrogens with zero attached hydrogens (tertiary/aromatic N) is 1. The summed E-state index contributed by atoms with van der Waals surface area (Å²) in [6.45, 7) is 6.04. The molecule has 1 amide bonds. The average molecular weight is 437 g/mol. The summed E-state index contributed by atoms with van der Waals surface area (Å²) in [5, 5.41) is 2.73. The molecule has 0 aliphatic heterocycles. The first kappa shape index (κ1) is 23.1. The van der Waals surface area contributed by atoms with E-state index in [-0.39, 0.29) is 34.5 Å². The second-order valence-electron chi connectivity index (χ2n) is 6.57. The van der Waals surface area contributed by atoms with Gasteiger partial charge in [0.15, 0.2) is 5.78 Å². The number of anilines is 1. The number of hydrogen-bond donors (Lipinski definition) is 1. The van der Waals surface area contributed by atoms with Crippen LogP contribution in [0.2, 0.25) is 5.02 Å². The molecule has 0 saturated carbocycles. The molecule has 0 saturated heterocycles. The molecule has 8 heteroatoms. The van der Waals surface area contributed by atoms with Crippen molar-refractivity contribution in [3.05, 3.63) is 58.6 Å². The van der Waals surface area contributed by atoms with Crippen LogP contribution in [0.3, 0.4) is 0 Å². The van der Waals surface area contributed by atoms with Crippen LogP contribution in [0.4, 0.5) is 5.69 Å². The van der Waals surface area contributed by atoms with Gasteiger partial charge >= 0.3 is 0 Å². The van der Waals surface area contributed by atoms with E-state index in [9.17, 15) is 18.0 Å². The lowest BCUT2D eigenvalue weighted by atomic mass is 10.0. The summed E-state index contributed by atoms with van der Waals surface area (Å²) in [7, 11) is -3.76. The van der Waals surface area contributed by atoms with Crippen LogP contribution in [-0.2, 0) is 14.8 Å². The highest BCUT2D eigenvalue weighted by Gasteiger charge is 2.25. The van der Waals surface area contributed by atoms with Crippen molar-refractivity contribution in [2.24, 2.45) is 0 Å². The van der Waals surface area contributed by atoms with Crippen molar-refractivity contribution in [3.63, 3.8) is 0 Å². The summed E-state index contributed by atoms with van der Waals surface area (Å²) in [4.78, 5) is 24.4. The Hall–Kier alpha value is -2.22. The third-order valence-electron chi connectivity index (χ3n) is 4.49. The number of sulfonamides is 1. The molecule has 2 aromatic rings. The molecular formula is C21H25ClN2O4S. The Kier molecular flexibility index (Phi) is 7.96. The van der Waals surface area contributed by atoms with Crippen LogP contribution < -0.4 is 5.32 Å². The van der Waals surface area contributed by atoms with Crippen molar-refractivity contribution < 1.29 is 18.0 Å². The third kappa shape index (κ3) is 5.88. The lowest BCUT2D eigenvalue weighted by Gasteiger charge is -2.19. The van der Waals surface area contributed by atoms with E-state index in [1.807, 2.05) is 19.1 Å². The molecule has 0 unspecified atom stereocenters. The quantitative estimate of drug-likeness (QED) is 0.594. The van der Waals surface area contributed by atoms with E-state index in [1.54, 1.807) is 26.0 Å². The highest BCUT2D eigenvalue weighted by Crippen LogP contribution is 2.28. The van der Waals surface area contributed by atoms with Gasteiger partial charge in [0, 0.05) is 37.2 Å². The maximum absolute atomic E-state index is 12.7. The van der Waals surface area contributed by atoms with Crippen LogP contribution in [0.5, 0.6) is 0 Å². The van der Waals surface area contributed by atoms with Crippen molar-refractivity contribution in [2.75, 3.05) is 18.4 Å². The summed E-state index contributed by atoms with van der Waals surface area (Å²) in [6, 6.07) is 11.5. The van der Waals surface area contributed by atoms with Crippen molar-refractivity contribution in [2.45, 2.75) is 38.5 Å². The number of rotatable bonds is 9. The van der Waals surface area contributed by atoms with Crippen LogP contribution in [0.25, 0.3) is 0 Å². The number of hydrogen-bond acceptors (Lipinski definition) is 4. The summed E-state index contributed by atoms with van der Waals surface area (Å²) >= 11 is 6.09. The minimum Gasteiger partial charge on any atom is -0.326 e. The van der Waals surface area contributed by atoms with Gasteiger partial charge in [0.25, 0.3) is 0 Å². The summed E-state index contributed by atoms with van der Waals surface area (Å²) < 4.78 is 26.8. The number of benzene rings is 2. The number of carbonyl (C=O) groups excluding carboxylic acids is 2. The van der Waals surface area contributed by atoms with Gasteiger partial charge in [0.05, 0.1) is 5.02 Å². The van der Waals surface area contributed by atoms with E-state index >= 15 is 0 Å². The lowest BCUT2D eigenvalue weighted by molar-refractivity contribution is -0.116. The zero-order chi connectivity index (χ0) is 21.6. The number of halogens is 1. The Morgan fingerprint density at radius 2 is 1.62 bits per heavy atom. The van der Waals surface area contributed by atoms with Gasteiger partial charge in [-0.2, -0.15) is 4.31 Å². The molecule has 1 N–H and O–H groups in total. The molecule has 29 heavy (non-hydrogen) atoms. The van der Waals surface area contributed by atoms with Gasteiger partial charge in [-0.05, 0) is 25.1 Å². The Bertz CT molecular complexity index is 984. The molecule has 0 spiro atoms. The topological polar surface area (TPSA) is 83.6 Å². The molecule has 156 valence electrons. The summed E-state index contributed by atoms with van der Waals surface area (Å²) in [5.41, 5.74) is 1.92. The smallest absolute Gasteiger partial charge is 0.244 e. The van der Waals surface area contributed by atoms with Crippen LogP contribution in [-0.4, -0.2) is 37.5 Å². The van der Waals surface area contributed by atoms with Gasteiger partial charge in [0.2, 0.25) is 15.9 Å². The predicted octanol–water partition coefficient (Wildman–Crippen LogP) is 4.28. The van der Waals surface area contributed by atoms with E-state index < -0.39 is 10.0 Å². The molecule has 2 rings (SSSR count). The molecule has 0 aliphatic carbocycles. The number of aryl methyl sites for hydroxylation is 1. The monoisotopic (exact) mass is 436 g/mol. The number of amides is 1. The highest BCUT2D eigenvalue weighted by atomic mass is 35.5. The van der Waals surface area contributed by atoms with Gasteiger partial charge < -0.3 is 5.32 Å². The number of carbonyl (C=O) groups is 2. The van der Waals surface area contributed by atoms with Gasteiger partial charge in [-0.25, -0.2) is 8.42 Å². The fraction of sp³-hybridized carbons (Fsp3) is 0.333. The first-order valence-corrected chi connectivity index (χ1v) is 11.2. The first-order valence-electron chi connectivity index (χ1n) is 9.38. The Morgan fingerprint density at radius 1 is 1.00 bits per heavy atom. The Morgan fingerprint density at radius 3 is 2.21 bits per heavy atom.